The van der Waals surface area contributed by atoms with Gasteiger partial charge in [0, 0.05) is 26.2 Å². The van der Waals surface area contributed by atoms with Crippen LogP contribution in [0.4, 0.5) is 0 Å². The summed E-state index contributed by atoms with van der Waals surface area (Å²) < 4.78 is 5.74. The standard InChI is InChI=1S/C18H26N2O4/c1-4-15-5-7-16(8-6-15)24-14(3)17(21)20-11-9-19(10-12-20)13(2)18(22)23/h5-8,13-14H,4,9-12H2,1-3H3,(H,22,23)/t13-,14+/m1/s1. The van der Waals surface area contributed by atoms with E-state index in [1.807, 2.05) is 29.2 Å². The van der Waals surface area contributed by atoms with Crippen molar-refractivity contribution >= 4 is 11.9 Å². The van der Waals surface area contributed by atoms with Crippen LogP contribution in [0.25, 0.3) is 0 Å². The molecule has 6 nitrogen and oxygen atoms in total. The van der Waals surface area contributed by atoms with Gasteiger partial charge in [0.15, 0.2) is 6.10 Å². The van der Waals surface area contributed by atoms with Crippen LogP contribution in [-0.2, 0) is 16.0 Å². The van der Waals surface area contributed by atoms with Gasteiger partial charge in [0.05, 0.1) is 0 Å². The minimum Gasteiger partial charge on any atom is -0.481 e. The number of ether oxygens (including phenoxy) is 1. The number of carboxylic acids is 1. The first-order chi connectivity index (χ1) is 11.4. The molecule has 0 radical (unpaired) electrons. The van der Waals surface area contributed by atoms with Gasteiger partial charge in [0.2, 0.25) is 0 Å². The first kappa shape index (κ1) is 18.3. The Morgan fingerprint density at radius 3 is 2.21 bits per heavy atom. The van der Waals surface area contributed by atoms with Gasteiger partial charge in [-0.25, -0.2) is 0 Å². The van der Waals surface area contributed by atoms with Crippen molar-refractivity contribution in [3.63, 3.8) is 0 Å². The number of hydrogen-bond donors (Lipinski definition) is 1. The van der Waals surface area contributed by atoms with Crippen LogP contribution in [0.5, 0.6) is 5.75 Å². The molecule has 132 valence electrons. The zero-order valence-electron chi connectivity index (χ0n) is 14.6. The molecule has 1 saturated heterocycles. The molecule has 1 heterocycles. The normalized spacial score (nSPS) is 18.0. The summed E-state index contributed by atoms with van der Waals surface area (Å²) in [5, 5.41) is 9.06. The molecule has 1 aliphatic rings. The molecule has 0 aromatic heterocycles. The van der Waals surface area contributed by atoms with E-state index in [2.05, 4.69) is 6.92 Å². The second kappa shape index (κ2) is 8.15. The highest BCUT2D eigenvalue weighted by molar-refractivity contribution is 5.81. The van der Waals surface area contributed by atoms with Gasteiger partial charge in [-0.1, -0.05) is 19.1 Å². The number of aliphatic carboxylic acids is 1. The quantitative estimate of drug-likeness (QED) is 0.856. The number of aryl methyl sites for hydroxylation is 1. The fourth-order valence-corrected chi connectivity index (χ4v) is 2.80. The first-order valence-corrected chi connectivity index (χ1v) is 8.43. The molecule has 24 heavy (non-hydrogen) atoms. The van der Waals surface area contributed by atoms with Crippen LogP contribution in [0, 0.1) is 0 Å². The zero-order valence-corrected chi connectivity index (χ0v) is 14.6. The number of carbonyl (C=O) groups excluding carboxylic acids is 1. The number of carboxylic acid groups (broad SMARTS) is 1. The van der Waals surface area contributed by atoms with Gasteiger partial charge in [0.25, 0.3) is 5.91 Å². The highest BCUT2D eigenvalue weighted by atomic mass is 16.5. The fourth-order valence-electron chi connectivity index (χ4n) is 2.80. The third-order valence-corrected chi connectivity index (χ3v) is 4.52. The maximum absolute atomic E-state index is 12.5. The Bertz CT molecular complexity index is 565. The molecule has 2 rings (SSSR count). The van der Waals surface area contributed by atoms with Gasteiger partial charge in [-0.15, -0.1) is 0 Å². The van der Waals surface area contributed by atoms with E-state index in [4.69, 9.17) is 9.84 Å². The molecule has 1 amide bonds. The molecule has 0 saturated carbocycles. The third-order valence-electron chi connectivity index (χ3n) is 4.52. The average molecular weight is 334 g/mol. The van der Waals surface area contributed by atoms with E-state index >= 15 is 0 Å². The Kier molecular flexibility index (Phi) is 6.20. The van der Waals surface area contributed by atoms with E-state index < -0.39 is 18.1 Å². The second-order valence-electron chi connectivity index (χ2n) is 6.13. The predicted octanol–water partition coefficient (Wildman–Crippen LogP) is 1.63. The average Bonchev–Trinajstić information content (AvgIpc) is 2.61. The predicted molar refractivity (Wildman–Crippen MR) is 91.2 cm³/mol. The minimum absolute atomic E-state index is 0.0582. The van der Waals surface area contributed by atoms with E-state index in [1.54, 1.807) is 18.7 Å². The number of nitrogens with zero attached hydrogens (tertiary/aromatic N) is 2. The van der Waals surface area contributed by atoms with Crippen molar-refractivity contribution in [3.05, 3.63) is 29.8 Å². The summed E-state index contributed by atoms with van der Waals surface area (Å²) in [5.74, 6) is -0.203. The maximum atomic E-state index is 12.5. The molecule has 0 bridgehead atoms. The Morgan fingerprint density at radius 2 is 1.71 bits per heavy atom. The first-order valence-electron chi connectivity index (χ1n) is 8.43. The van der Waals surface area contributed by atoms with Crippen LogP contribution < -0.4 is 4.74 Å². The Balaban J connectivity index is 1.86. The summed E-state index contributed by atoms with van der Waals surface area (Å²) >= 11 is 0. The molecule has 0 aliphatic carbocycles. The largest absolute Gasteiger partial charge is 0.481 e. The van der Waals surface area contributed by atoms with E-state index in [9.17, 15) is 9.59 Å². The van der Waals surface area contributed by atoms with Crippen molar-refractivity contribution in [2.75, 3.05) is 26.2 Å². The van der Waals surface area contributed by atoms with Crippen molar-refractivity contribution in [3.8, 4) is 5.75 Å². The topological polar surface area (TPSA) is 70.1 Å². The van der Waals surface area contributed by atoms with E-state index in [0.717, 1.165) is 6.42 Å². The molecule has 0 spiro atoms. The van der Waals surface area contributed by atoms with Gasteiger partial charge >= 0.3 is 5.97 Å². The van der Waals surface area contributed by atoms with E-state index in [1.165, 1.54) is 5.56 Å². The maximum Gasteiger partial charge on any atom is 0.320 e. The van der Waals surface area contributed by atoms with Crippen molar-refractivity contribution in [2.24, 2.45) is 0 Å². The van der Waals surface area contributed by atoms with Gasteiger partial charge < -0.3 is 14.7 Å². The monoisotopic (exact) mass is 334 g/mol. The minimum atomic E-state index is -0.831. The summed E-state index contributed by atoms with van der Waals surface area (Å²) in [4.78, 5) is 27.2. The highest BCUT2D eigenvalue weighted by Crippen LogP contribution is 2.16. The lowest BCUT2D eigenvalue weighted by Gasteiger charge is -2.37. The Morgan fingerprint density at radius 1 is 1.12 bits per heavy atom. The van der Waals surface area contributed by atoms with Gasteiger partial charge in [-0.05, 0) is 38.0 Å². The summed E-state index contributed by atoms with van der Waals surface area (Å²) in [6, 6.07) is 7.24. The van der Waals surface area contributed by atoms with Gasteiger partial charge in [-0.2, -0.15) is 0 Å². The van der Waals surface area contributed by atoms with Crippen LogP contribution in [0.15, 0.2) is 24.3 Å². The lowest BCUT2D eigenvalue weighted by molar-refractivity contribution is -0.145. The summed E-state index contributed by atoms with van der Waals surface area (Å²) in [5.41, 5.74) is 1.23. The van der Waals surface area contributed by atoms with Crippen LogP contribution in [0.2, 0.25) is 0 Å². The lowest BCUT2D eigenvalue weighted by Crippen LogP contribution is -2.55. The molecule has 2 atom stereocenters. The second-order valence-corrected chi connectivity index (χ2v) is 6.13. The van der Waals surface area contributed by atoms with E-state index in [0.29, 0.717) is 31.9 Å². The molecule has 0 unspecified atom stereocenters. The number of hydrogen-bond acceptors (Lipinski definition) is 4. The Hall–Kier alpha value is -2.08. The van der Waals surface area contributed by atoms with Crippen molar-refractivity contribution in [1.82, 2.24) is 9.80 Å². The lowest BCUT2D eigenvalue weighted by atomic mass is 10.2. The SMILES string of the molecule is CCc1ccc(O[C@@H](C)C(=O)N2CCN([C@H](C)C(=O)O)CC2)cc1. The summed E-state index contributed by atoms with van der Waals surface area (Å²) in [7, 11) is 0. The number of piperazine rings is 1. The van der Waals surface area contributed by atoms with Crippen molar-refractivity contribution < 1.29 is 19.4 Å². The summed E-state index contributed by atoms with van der Waals surface area (Å²) in [6.45, 7) is 7.70. The number of carbonyl (C=O) groups is 2. The zero-order chi connectivity index (χ0) is 17.7. The Labute approximate surface area is 143 Å². The molecule has 1 fully saturated rings. The smallest absolute Gasteiger partial charge is 0.320 e. The molecule has 6 heteroatoms. The van der Waals surface area contributed by atoms with Crippen LogP contribution in [0.1, 0.15) is 26.3 Å². The fraction of sp³-hybridized carbons (Fsp3) is 0.556. The van der Waals surface area contributed by atoms with Crippen LogP contribution in [-0.4, -0.2) is 65.1 Å². The molecular weight excluding hydrogens is 308 g/mol. The van der Waals surface area contributed by atoms with E-state index in [-0.39, 0.29) is 5.91 Å². The molecule has 1 aliphatic heterocycles. The third kappa shape index (κ3) is 4.47. The molecule has 1 N–H and O–H groups in total. The van der Waals surface area contributed by atoms with Crippen molar-refractivity contribution in [1.29, 1.82) is 0 Å². The molecule has 1 aromatic carbocycles. The van der Waals surface area contributed by atoms with Crippen LogP contribution >= 0.6 is 0 Å². The molecule has 1 aromatic rings. The number of amides is 1. The highest BCUT2D eigenvalue weighted by Gasteiger charge is 2.29. The number of rotatable bonds is 6. The number of benzene rings is 1. The van der Waals surface area contributed by atoms with Gasteiger partial charge in [-0.3, -0.25) is 14.5 Å². The van der Waals surface area contributed by atoms with Gasteiger partial charge in [0.1, 0.15) is 11.8 Å². The summed E-state index contributed by atoms with van der Waals surface area (Å²) in [6.07, 6.45) is 0.411. The van der Waals surface area contributed by atoms with Crippen molar-refractivity contribution in [2.45, 2.75) is 39.3 Å². The molecular formula is C18H26N2O4. The van der Waals surface area contributed by atoms with Crippen LogP contribution in [0.3, 0.4) is 0 Å².